The second-order valence-corrected chi connectivity index (χ2v) is 5.16. The molecule has 3 rings (SSSR count). The lowest BCUT2D eigenvalue weighted by molar-refractivity contribution is -0.139. The molecule has 1 N–H and O–H groups in total. The number of carbonyl (C=O) groups is 1. The minimum Gasteiger partial charge on any atom is -0.497 e. The van der Waals surface area contributed by atoms with Crippen LogP contribution in [0.3, 0.4) is 0 Å². The van der Waals surface area contributed by atoms with Crippen molar-refractivity contribution in [2.24, 2.45) is 0 Å². The molecule has 1 saturated carbocycles. The molecule has 1 spiro atoms. The Kier molecular flexibility index (Phi) is 2.18. The molecule has 2 aliphatic carbocycles. The average molecular weight is 232 g/mol. The van der Waals surface area contributed by atoms with Gasteiger partial charge in [-0.15, -0.1) is 0 Å². The molecule has 0 amide bonds. The molecule has 90 valence electrons. The Hall–Kier alpha value is -1.51. The van der Waals surface area contributed by atoms with Crippen LogP contribution in [0.5, 0.6) is 5.75 Å². The fraction of sp³-hybridized carbons (Fsp3) is 0.500. The molecule has 0 heterocycles. The van der Waals surface area contributed by atoms with Gasteiger partial charge in [-0.2, -0.15) is 0 Å². The zero-order valence-corrected chi connectivity index (χ0v) is 9.90. The average Bonchev–Trinajstić information content (AvgIpc) is 3.09. The van der Waals surface area contributed by atoms with E-state index >= 15 is 0 Å². The first-order chi connectivity index (χ1) is 8.16. The number of carboxylic acid groups (broad SMARTS) is 1. The predicted octanol–water partition coefficient (Wildman–Crippen LogP) is 2.69. The van der Waals surface area contributed by atoms with Gasteiger partial charge in [-0.25, -0.2) is 0 Å². The summed E-state index contributed by atoms with van der Waals surface area (Å²) in [5, 5.41) is 9.30. The van der Waals surface area contributed by atoms with Crippen LogP contribution in [-0.4, -0.2) is 18.2 Å². The van der Waals surface area contributed by atoms with Gasteiger partial charge in [-0.1, -0.05) is 6.07 Å². The van der Waals surface area contributed by atoms with Crippen molar-refractivity contribution in [1.82, 2.24) is 0 Å². The van der Waals surface area contributed by atoms with Crippen molar-refractivity contribution < 1.29 is 14.6 Å². The molecule has 3 heteroatoms. The smallest absolute Gasteiger partial charge is 0.310 e. The first-order valence-corrected chi connectivity index (χ1v) is 6.07. The van der Waals surface area contributed by atoms with Crippen LogP contribution in [0.2, 0.25) is 0 Å². The van der Waals surface area contributed by atoms with Gasteiger partial charge in [0.15, 0.2) is 0 Å². The topological polar surface area (TPSA) is 46.5 Å². The van der Waals surface area contributed by atoms with Gasteiger partial charge in [0, 0.05) is 0 Å². The summed E-state index contributed by atoms with van der Waals surface area (Å²) in [5.74, 6) is -0.311. The fourth-order valence-corrected chi connectivity index (χ4v) is 3.08. The highest BCUT2D eigenvalue weighted by molar-refractivity contribution is 5.78. The Bertz CT molecular complexity index is 474. The summed E-state index contributed by atoms with van der Waals surface area (Å²) >= 11 is 0. The van der Waals surface area contributed by atoms with Crippen molar-refractivity contribution in [3.8, 4) is 5.75 Å². The van der Waals surface area contributed by atoms with Crippen molar-refractivity contribution in [2.45, 2.75) is 37.0 Å². The van der Waals surface area contributed by atoms with Crippen LogP contribution in [-0.2, 0) is 10.2 Å². The lowest BCUT2D eigenvalue weighted by Crippen LogP contribution is -2.24. The standard InChI is InChI=1S/C14H16O3/c1-17-9-2-3-12-11(8-9)10(13(15)16)4-5-14(12)6-7-14/h2-3,8,10H,4-7H2,1H3,(H,15,16). The minimum absolute atomic E-state index is 0.299. The van der Waals surface area contributed by atoms with Crippen LogP contribution in [0.1, 0.15) is 42.7 Å². The van der Waals surface area contributed by atoms with Gasteiger partial charge in [0.1, 0.15) is 5.75 Å². The van der Waals surface area contributed by atoms with E-state index in [9.17, 15) is 9.90 Å². The van der Waals surface area contributed by atoms with E-state index in [2.05, 4.69) is 6.07 Å². The molecule has 0 radical (unpaired) electrons. The molecule has 0 aliphatic heterocycles. The summed E-state index contributed by atoms with van der Waals surface area (Å²) in [5.41, 5.74) is 2.52. The normalized spacial score (nSPS) is 24.2. The van der Waals surface area contributed by atoms with E-state index in [0.29, 0.717) is 5.41 Å². The third-order valence-electron chi connectivity index (χ3n) is 4.27. The molecule has 1 atom stereocenters. The van der Waals surface area contributed by atoms with Crippen molar-refractivity contribution in [1.29, 1.82) is 0 Å². The largest absolute Gasteiger partial charge is 0.497 e. The summed E-state index contributed by atoms with van der Waals surface area (Å²) in [6, 6.07) is 5.92. The summed E-state index contributed by atoms with van der Waals surface area (Å²) in [7, 11) is 1.62. The number of carboxylic acids is 1. The molecule has 0 saturated heterocycles. The molecule has 0 aromatic heterocycles. The number of ether oxygens (including phenoxy) is 1. The number of hydrogen-bond acceptors (Lipinski definition) is 2. The maximum Gasteiger partial charge on any atom is 0.310 e. The molecule has 1 aromatic rings. The Balaban J connectivity index is 2.11. The molecule has 1 fully saturated rings. The fourth-order valence-electron chi connectivity index (χ4n) is 3.08. The lowest BCUT2D eigenvalue weighted by Gasteiger charge is -2.30. The van der Waals surface area contributed by atoms with Crippen molar-refractivity contribution in [2.75, 3.05) is 7.11 Å². The van der Waals surface area contributed by atoms with Crippen molar-refractivity contribution in [3.63, 3.8) is 0 Å². The molecule has 1 aromatic carbocycles. The molecule has 0 bridgehead atoms. The molecule has 2 aliphatic rings. The van der Waals surface area contributed by atoms with Gasteiger partial charge in [-0.05, 0) is 54.4 Å². The Morgan fingerprint density at radius 1 is 1.41 bits per heavy atom. The SMILES string of the molecule is COc1ccc2c(c1)C(C(=O)O)CCC21CC1. The van der Waals surface area contributed by atoms with Gasteiger partial charge in [0.25, 0.3) is 0 Å². The van der Waals surface area contributed by atoms with Crippen LogP contribution < -0.4 is 4.74 Å². The van der Waals surface area contributed by atoms with Gasteiger partial charge in [0.05, 0.1) is 13.0 Å². The molecule has 17 heavy (non-hydrogen) atoms. The first kappa shape index (κ1) is 10.6. The van der Waals surface area contributed by atoms with Crippen LogP contribution in [0.25, 0.3) is 0 Å². The second kappa shape index (κ2) is 3.49. The molecular formula is C14H16O3. The van der Waals surface area contributed by atoms with Gasteiger partial charge in [0.2, 0.25) is 0 Å². The third-order valence-corrected chi connectivity index (χ3v) is 4.27. The summed E-state index contributed by atoms with van der Waals surface area (Å²) < 4.78 is 5.20. The third kappa shape index (κ3) is 1.53. The number of benzene rings is 1. The van der Waals surface area contributed by atoms with Crippen LogP contribution >= 0.6 is 0 Å². The highest BCUT2D eigenvalue weighted by atomic mass is 16.5. The number of rotatable bonds is 2. The van der Waals surface area contributed by atoms with Crippen LogP contribution in [0.15, 0.2) is 18.2 Å². The maximum atomic E-state index is 11.3. The second-order valence-electron chi connectivity index (χ2n) is 5.16. The molecule has 3 nitrogen and oxygen atoms in total. The highest BCUT2D eigenvalue weighted by Crippen LogP contribution is 2.58. The summed E-state index contributed by atoms with van der Waals surface area (Å²) in [6.07, 6.45) is 4.19. The quantitative estimate of drug-likeness (QED) is 0.852. The zero-order chi connectivity index (χ0) is 12.0. The van der Waals surface area contributed by atoms with Crippen LogP contribution in [0, 0.1) is 0 Å². The monoisotopic (exact) mass is 232 g/mol. The Labute approximate surface area is 100 Å². The maximum absolute atomic E-state index is 11.3. The van der Waals surface area contributed by atoms with E-state index in [1.54, 1.807) is 7.11 Å². The van der Waals surface area contributed by atoms with E-state index in [4.69, 9.17) is 4.74 Å². The van der Waals surface area contributed by atoms with E-state index in [-0.39, 0.29) is 5.92 Å². The Morgan fingerprint density at radius 2 is 2.18 bits per heavy atom. The number of fused-ring (bicyclic) bond motifs is 2. The summed E-state index contributed by atoms with van der Waals surface area (Å²) in [4.78, 5) is 11.3. The summed E-state index contributed by atoms with van der Waals surface area (Å²) in [6.45, 7) is 0. The van der Waals surface area contributed by atoms with Gasteiger partial charge < -0.3 is 9.84 Å². The lowest BCUT2D eigenvalue weighted by atomic mass is 9.74. The first-order valence-electron chi connectivity index (χ1n) is 6.07. The van der Waals surface area contributed by atoms with E-state index in [0.717, 1.165) is 24.2 Å². The number of aliphatic carboxylic acids is 1. The van der Waals surface area contributed by atoms with Crippen LogP contribution in [0.4, 0.5) is 0 Å². The van der Waals surface area contributed by atoms with Gasteiger partial charge in [-0.3, -0.25) is 4.79 Å². The Morgan fingerprint density at radius 3 is 2.76 bits per heavy atom. The predicted molar refractivity (Wildman–Crippen MR) is 63.5 cm³/mol. The van der Waals surface area contributed by atoms with Crippen molar-refractivity contribution in [3.05, 3.63) is 29.3 Å². The molecule has 1 unspecified atom stereocenters. The highest BCUT2D eigenvalue weighted by Gasteiger charge is 2.49. The van der Waals surface area contributed by atoms with Crippen molar-refractivity contribution >= 4 is 5.97 Å². The minimum atomic E-state index is -0.713. The zero-order valence-electron chi connectivity index (χ0n) is 9.90. The number of hydrogen-bond donors (Lipinski definition) is 1. The number of methoxy groups -OCH3 is 1. The molecular weight excluding hydrogens is 216 g/mol. The van der Waals surface area contributed by atoms with E-state index in [1.165, 1.54) is 18.4 Å². The van der Waals surface area contributed by atoms with Gasteiger partial charge >= 0.3 is 5.97 Å². The van der Waals surface area contributed by atoms with E-state index < -0.39 is 5.97 Å². The van der Waals surface area contributed by atoms with E-state index in [1.807, 2.05) is 12.1 Å².